The van der Waals surface area contributed by atoms with Crippen molar-refractivity contribution in [2.75, 3.05) is 0 Å². The van der Waals surface area contributed by atoms with Crippen molar-refractivity contribution in [1.82, 2.24) is 10.3 Å². The molecule has 2 unspecified atom stereocenters. The molecule has 72 valence electrons. The molecule has 2 rings (SSSR count). The number of nitrogens with one attached hydrogen (secondary N) is 1. The SMILES string of the molecule is CC(NC1CC1(C)C)c1cncs1. The fourth-order valence-corrected chi connectivity index (χ4v) is 2.21. The van der Waals surface area contributed by atoms with Gasteiger partial charge in [0.2, 0.25) is 0 Å². The van der Waals surface area contributed by atoms with Crippen LogP contribution in [0.25, 0.3) is 0 Å². The van der Waals surface area contributed by atoms with Crippen LogP contribution in [0.4, 0.5) is 0 Å². The smallest absolute Gasteiger partial charge is 0.0794 e. The van der Waals surface area contributed by atoms with Crippen LogP contribution in [0.1, 0.15) is 38.1 Å². The standard InChI is InChI=1S/C10H16N2S/c1-7(8-5-11-6-13-8)12-9-4-10(9,2)3/h5-7,9,12H,4H2,1-3H3. The van der Waals surface area contributed by atoms with Crippen LogP contribution in [-0.2, 0) is 0 Å². The van der Waals surface area contributed by atoms with Gasteiger partial charge >= 0.3 is 0 Å². The Morgan fingerprint density at radius 2 is 2.38 bits per heavy atom. The summed E-state index contributed by atoms with van der Waals surface area (Å²) in [5.74, 6) is 0. The molecular formula is C10H16N2S. The van der Waals surface area contributed by atoms with Gasteiger partial charge in [-0.15, -0.1) is 11.3 Å². The van der Waals surface area contributed by atoms with Crippen LogP contribution in [-0.4, -0.2) is 11.0 Å². The van der Waals surface area contributed by atoms with Gasteiger partial charge in [-0.05, 0) is 18.8 Å². The molecule has 1 saturated carbocycles. The van der Waals surface area contributed by atoms with Gasteiger partial charge in [-0.1, -0.05) is 13.8 Å². The van der Waals surface area contributed by atoms with Crippen molar-refractivity contribution in [3.05, 3.63) is 16.6 Å². The Morgan fingerprint density at radius 1 is 1.69 bits per heavy atom. The fraction of sp³-hybridized carbons (Fsp3) is 0.700. The van der Waals surface area contributed by atoms with Gasteiger partial charge in [-0.2, -0.15) is 0 Å². The second kappa shape index (κ2) is 3.07. The zero-order valence-electron chi connectivity index (χ0n) is 8.37. The van der Waals surface area contributed by atoms with Gasteiger partial charge in [-0.3, -0.25) is 4.98 Å². The highest BCUT2D eigenvalue weighted by atomic mass is 32.1. The van der Waals surface area contributed by atoms with Crippen LogP contribution in [0.5, 0.6) is 0 Å². The summed E-state index contributed by atoms with van der Waals surface area (Å²) in [6.45, 7) is 6.83. The minimum Gasteiger partial charge on any atom is -0.306 e. The van der Waals surface area contributed by atoms with E-state index in [2.05, 4.69) is 31.1 Å². The van der Waals surface area contributed by atoms with E-state index in [1.165, 1.54) is 11.3 Å². The summed E-state index contributed by atoms with van der Waals surface area (Å²) in [6.07, 6.45) is 3.26. The lowest BCUT2D eigenvalue weighted by molar-refractivity contribution is 0.495. The normalized spacial score (nSPS) is 27.2. The Morgan fingerprint density at radius 3 is 2.85 bits per heavy atom. The third kappa shape index (κ3) is 1.92. The van der Waals surface area contributed by atoms with E-state index in [-0.39, 0.29) is 0 Å². The molecule has 1 heterocycles. The van der Waals surface area contributed by atoms with E-state index < -0.39 is 0 Å². The zero-order chi connectivity index (χ0) is 9.47. The van der Waals surface area contributed by atoms with Gasteiger partial charge in [0.1, 0.15) is 0 Å². The van der Waals surface area contributed by atoms with E-state index in [4.69, 9.17) is 0 Å². The van der Waals surface area contributed by atoms with Gasteiger partial charge in [0.05, 0.1) is 5.51 Å². The number of thiazole rings is 1. The Balaban J connectivity index is 1.90. The molecule has 0 spiro atoms. The lowest BCUT2D eigenvalue weighted by atomic mass is 10.2. The molecule has 0 aromatic carbocycles. The third-order valence-corrected chi connectivity index (χ3v) is 3.80. The summed E-state index contributed by atoms with van der Waals surface area (Å²) < 4.78 is 0. The maximum Gasteiger partial charge on any atom is 0.0794 e. The van der Waals surface area contributed by atoms with E-state index in [1.807, 2.05) is 11.7 Å². The molecule has 1 fully saturated rings. The van der Waals surface area contributed by atoms with E-state index in [0.29, 0.717) is 17.5 Å². The first kappa shape index (κ1) is 9.16. The molecule has 0 bridgehead atoms. The van der Waals surface area contributed by atoms with E-state index in [0.717, 1.165) is 0 Å². The average Bonchev–Trinajstić information content (AvgIpc) is 2.58. The van der Waals surface area contributed by atoms with E-state index >= 15 is 0 Å². The summed E-state index contributed by atoms with van der Waals surface area (Å²) in [6, 6.07) is 1.16. The minimum absolute atomic E-state index is 0.458. The largest absolute Gasteiger partial charge is 0.306 e. The van der Waals surface area contributed by atoms with Crippen molar-refractivity contribution in [1.29, 1.82) is 0 Å². The summed E-state index contributed by atoms with van der Waals surface area (Å²) in [5.41, 5.74) is 2.41. The van der Waals surface area contributed by atoms with Gasteiger partial charge < -0.3 is 5.32 Å². The molecular weight excluding hydrogens is 180 g/mol. The second-order valence-corrected chi connectivity index (χ2v) is 5.46. The quantitative estimate of drug-likeness (QED) is 0.803. The van der Waals surface area contributed by atoms with Gasteiger partial charge in [-0.25, -0.2) is 0 Å². The Bertz CT molecular complexity index is 279. The lowest BCUT2D eigenvalue weighted by Crippen LogP contribution is -2.23. The summed E-state index contributed by atoms with van der Waals surface area (Å²) in [4.78, 5) is 5.42. The molecule has 0 amide bonds. The van der Waals surface area contributed by atoms with Crippen molar-refractivity contribution in [2.45, 2.75) is 39.3 Å². The molecule has 0 aliphatic heterocycles. The molecule has 1 aromatic heterocycles. The highest BCUT2D eigenvalue weighted by Gasteiger charge is 2.45. The maximum absolute atomic E-state index is 4.09. The topological polar surface area (TPSA) is 24.9 Å². The molecule has 2 nitrogen and oxygen atoms in total. The van der Waals surface area contributed by atoms with Crippen molar-refractivity contribution in [3.8, 4) is 0 Å². The lowest BCUT2D eigenvalue weighted by Gasteiger charge is -2.12. The highest BCUT2D eigenvalue weighted by Crippen LogP contribution is 2.45. The summed E-state index contributed by atoms with van der Waals surface area (Å²) in [7, 11) is 0. The van der Waals surface area contributed by atoms with Gasteiger partial charge in [0.25, 0.3) is 0 Å². The van der Waals surface area contributed by atoms with Crippen LogP contribution in [0.15, 0.2) is 11.7 Å². The zero-order valence-corrected chi connectivity index (χ0v) is 9.19. The van der Waals surface area contributed by atoms with Crippen LogP contribution in [0.2, 0.25) is 0 Å². The summed E-state index contributed by atoms with van der Waals surface area (Å²) >= 11 is 1.73. The number of rotatable bonds is 3. The Kier molecular flexibility index (Phi) is 2.16. The van der Waals surface area contributed by atoms with Crippen LogP contribution in [0, 0.1) is 5.41 Å². The molecule has 1 N–H and O–H groups in total. The molecule has 1 aromatic rings. The molecule has 1 aliphatic rings. The second-order valence-electron chi connectivity index (χ2n) is 4.54. The number of hydrogen-bond donors (Lipinski definition) is 1. The molecule has 0 radical (unpaired) electrons. The average molecular weight is 196 g/mol. The molecule has 3 heteroatoms. The van der Waals surface area contributed by atoms with Crippen LogP contribution >= 0.6 is 11.3 Å². The van der Waals surface area contributed by atoms with Gasteiger partial charge in [0.15, 0.2) is 0 Å². The maximum atomic E-state index is 4.09. The first-order valence-electron chi connectivity index (χ1n) is 4.74. The van der Waals surface area contributed by atoms with E-state index in [1.54, 1.807) is 11.3 Å². The summed E-state index contributed by atoms with van der Waals surface area (Å²) in [5, 5.41) is 3.62. The van der Waals surface area contributed by atoms with E-state index in [9.17, 15) is 0 Å². The monoisotopic (exact) mass is 196 g/mol. The fourth-order valence-electron chi connectivity index (χ4n) is 1.58. The van der Waals surface area contributed by atoms with Gasteiger partial charge in [0, 0.05) is 23.2 Å². The first-order chi connectivity index (χ1) is 6.09. The highest BCUT2D eigenvalue weighted by molar-refractivity contribution is 7.09. The molecule has 1 aliphatic carbocycles. The van der Waals surface area contributed by atoms with Crippen molar-refractivity contribution in [2.24, 2.45) is 5.41 Å². The predicted molar refractivity (Wildman–Crippen MR) is 55.9 cm³/mol. The predicted octanol–water partition coefficient (Wildman–Crippen LogP) is 2.59. The number of hydrogen-bond acceptors (Lipinski definition) is 3. The first-order valence-corrected chi connectivity index (χ1v) is 5.62. The number of aromatic nitrogens is 1. The van der Waals surface area contributed by atoms with Crippen molar-refractivity contribution < 1.29 is 0 Å². The Labute approximate surface area is 83.4 Å². The number of nitrogens with zero attached hydrogens (tertiary/aromatic N) is 1. The van der Waals surface area contributed by atoms with Crippen LogP contribution < -0.4 is 5.32 Å². The molecule has 2 atom stereocenters. The minimum atomic E-state index is 0.458. The molecule has 13 heavy (non-hydrogen) atoms. The van der Waals surface area contributed by atoms with Crippen LogP contribution in [0.3, 0.4) is 0 Å². The third-order valence-electron chi connectivity index (χ3n) is 2.84. The van der Waals surface area contributed by atoms with Crippen molar-refractivity contribution >= 4 is 11.3 Å². The Hall–Kier alpha value is -0.410. The van der Waals surface area contributed by atoms with Crippen molar-refractivity contribution in [3.63, 3.8) is 0 Å². The molecule has 0 saturated heterocycles.